The van der Waals surface area contributed by atoms with Crippen molar-refractivity contribution in [3.63, 3.8) is 0 Å². The minimum absolute atomic E-state index is 0. The summed E-state index contributed by atoms with van der Waals surface area (Å²) in [6.07, 6.45) is 0. The molecule has 0 N–H and O–H groups in total. The molecule has 0 fully saturated rings. The molecule has 4 aromatic rings. The Hall–Kier alpha value is -1.18. The first-order chi connectivity index (χ1) is 9.93. The number of hydrogen-bond donors (Lipinski definition) is 0. The zero-order chi connectivity index (χ0) is 14.2. The fourth-order valence-electron chi connectivity index (χ4n) is 2.14. The van der Waals surface area contributed by atoms with Crippen molar-refractivity contribution in [2.75, 3.05) is 0 Å². The molecule has 0 aliphatic carbocycles. The Bertz CT molecular complexity index is 644. The molecule has 0 saturated heterocycles. The van der Waals surface area contributed by atoms with Gasteiger partial charge >= 0.3 is 24.8 Å². The Morgan fingerprint density at radius 3 is 1.32 bits per heavy atom. The van der Waals surface area contributed by atoms with Crippen molar-refractivity contribution in [3.8, 4) is 0 Å². The Morgan fingerprint density at radius 1 is 0.591 bits per heavy atom. The van der Waals surface area contributed by atoms with Crippen molar-refractivity contribution in [2.24, 2.45) is 0 Å². The number of benzene rings is 2. The minimum atomic E-state index is 0. The van der Waals surface area contributed by atoms with E-state index < -0.39 is 0 Å². The van der Waals surface area contributed by atoms with Crippen LogP contribution >= 0.6 is 0 Å². The number of hydrogen-bond acceptors (Lipinski definition) is 0. The Morgan fingerprint density at radius 2 is 0.955 bits per heavy atom. The molecule has 112 valence electrons. The number of fused-ring (bicyclic) bond motifs is 2. The summed E-state index contributed by atoms with van der Waals surface area (Å²) in [6, 6.07) is 29.3. The van der Waals surface area contributed by atoms with Crippen LogP contribution in [0.2, 0.25) is 0 Å². The first-order valence-corrected chi connectivity index (χ1v) is 7.60. The fourth-order valence-corrected chi connectivity index (χ4v) is 2.14. The fraction of sp³-hybridized carbons (Fsp3) is 0. The molecule has 0 aromatic heterocycles. The van der Waals surface area contributed by atoms with E-state index in [-0.39, 0.29) is 24.8 Å². The van der Waals surface area contributed by atoms with Crippen LogP contribution < -0.4 is 24.8 Å². The molecule has 0 radical (unpaired) electrons. The van der Waals surface area contributed by atoms with Crippen LogP contribution in [0.4, 0.5) is 0 Å². The average Bonchev–Trinajstić information content (AvgIpc) is 3.18. The van der Waals surface area contributed by atoms with Gasteiger partial charge in [0.2, 0.25) is 0 Å². The topological polar surface area (TPSA) is 0 Å². The van der Waals surface area contributed by atoms with E-state index in [1.54, 1.807) is 20.0 Å². The molecule has 0 amide bonds. The van der Waals surface area contributed by atoms with Gasteiger partial charge in [-0.05, 0) is 0 Å². The van der Waals surface area contributed by atoms with Crippen LogP contribution in [-0.4, -0.2) is 4.82 Å². The summed E-state index contributed by atoms with van der Waals surface area (Å²) in [6.45, 7) is 0. The van der Waals surface area contributed by atoms with Gasteiger partial charge in [0.1, 0.15) is 0 Å². The van der Waals surface area contributed by atoms with Gasteiger partial charge in [0.15, 0.2) is 0 Å². The minimum Gasteiger partial charge on any atom is -1.00 e. The molecule has 4 rings (SSSR count). The Kier molecular flexibility index (Phi) is 10.8. The molecule has 0 aliphatic rings. The van der Waals surface area contributed by atoms with Crippen LogP contribution in [-0.2, 0) is 20.0 Å². The molecule has 0 spiro atoms. The predicted molar refractivity (Wildman–Crippen MR) is 86.2 cm³/mol. The molecular formula is C19H16Cl2Ti-2. The van der Waals surface area contributed by atoms with Gasteiger partial charge < -0.3 is 24.8 Å². The second-order valence-electron chi connectivity index (χ2n) is 4.31. The largest absolute Gasteiger partial charge is 1.00 e. The van der Waals surface area contributed by atoms with Crippen molar-refractivity contribution in [1.82, 2.24) is 0 Å². The van der Waals surface area contributed by atoms with Gasteiger partial charge in [-0.2, -0.15) is 35.0 Å². The van der Waals surface area contributed by atoms with Gasteiger partial charge in [-0.25, -0.2) is 0 Å². The Balaban J connectivity index is 0.000000334. The van der Waals surface area contributed by atoms with Crippen molar-refractivity contribution >= 4 is 26.4 Å². The maximum atomic E-state index is 3.25. The molecule has 22 heavy (non-hydrogen) atoms. The zero-order valence-electron chi connectivity index (χ0n) is 12.0. The molecule has 0 bridgehead atoms. The van der Waals surface area contributed by atoms with Crippen molar-refractivity contribution in [1.29, 1.82) is 0 Å². The van der Waals surface area contributed by atoms with Gasteiger partial charge in [-0.3, -0.25) is 0 Å². The summed E-state index contributed by atoms with van der Waals surface area (Å²) in [4.78, 5) is 3.25. The van der Waals surface area contributed by atoms with E-state index in [2.05, 4.69) is 89.7 Å². The second kappa shape index (κ2) is 11.4. The van der Waals surface area contributed by atoms with E-state index in [9.17, 15) is 0 Å². The second-order valence-corrected chi connectivity index (χ2v) is 4.31. The number of rotatable bonds is 0. The molecule has 0 saturated carbocycles. The van der Waals surface area contributed by atoms with Crippen LogP contribution in [0.25, 0.3) is 21.5 Å². The maximum Gasteiger partial charge on any atom is -0.0809 e. The van der Waals surface area contributed by atoms with Gasteiger partial charge in [0, 0.05) is 0 Å². The molecule has 0 nitrogen and oxygen atoms in total. The zero-order valence-corrected chi connectivity index (χ0v) is 15.1. The summed E-state index contributed by atoms with van der Waals surface area (Å²) < 4.78 is 0. The monoisotopic (exact) mass is 362 g/mol. The van der Waals surface area contributed by atoms with E-state index in [0.717, 1.165) is 0 Å². The molecule has 0 aliphatic heterocycles. The van der Waals surface area contributed by atoms with Crippen molar-refractivity contribution in [3.05, 3.63) is 84.9 Å². The molecular weight excluding hydrogens is 347 g/mol. The van der Waals surface area contributed by atoms with Gasteiger partial charge in [-0.1, -0.05) is 12.1 Å². The quantitative estimate of drug-likeness (QED) is 0.281. The summed E-state index contributed by atoms with van der Waals surface area (Å²) >= 11 is 1.75. The normalized spacial score (nSPS) is 8.64. The van der Waals surface area contributed by atoms with E-state index >= 15 is 0 Å². The van der Waals surface area contributed by atoms with Crippen molar-refractivity contribution < 1.29 is 44.8 Å². The summed E-state index contributed by atoms with van der Waals surface area (Å²) in [7, 11) is 0. The third-order valence-corrected chi connectivity index (χ3v) is 3.10. The van der Waals surface area contributed by atoms with Crippen LogP contribution in [0.5, 0.6) is 0 Å². The SMILES string of the molecule is [CH2]=[Ti+2].[Cl-].[Cl-].c1ccc2[cH-]ccc2c1.c1ccc2[cH-]ccc2c1. The third kappa shape index (κ3) is 5.55. The standard InChI is InChI=1S/2C9H7.CH2.2ClH.Ti/c2*1-2-5-9-7-3-6-8(9)4-1;;;;/h2*1-7H;1H2;2*1H;/q2*-1;;;;+2/p-2. The van der Waals surface area contributed by atoms with Crippen molar-refractivity contribution in [2.45, 2.75) is 0 Å². The smallest absolute Gasteiger partial charge is 0.0809 e. The maximum absolute atomic E-state index is 3.25. The predicted octanol–water partition coefficient (Wildman–Crippen LogP) is -0.909. The van der Waals surface area contributed by atoms with E-state index in [4.69, 9.17) is 0 Å². The van der Waals surface area contributed by atoms with Gasteiger partial charge in [-0.15, -0.1) is 59.3 Å². The Labute approximate surface area is 155 Å². The molecule has 4 aromatic carbocycles. The van der Waals surface area contributed by atoms with Crippen LogP contribution in [0.1, 0.15) is 0 Å². The average molecular weight is 363 g/mol. The van der Waals surface area contributed by atoms with Crippen LogP contribution in [0.15, 0.2) is 84.9 Å². The first-order valence-electron chi connectivity index (χ1n) is 6.50. The van der Waals surface area contributed by atoms with E-state index in [0.29, 0.717) is 0 Å². The van der Waals surface area contributed by atoms with Gasteiger partial charge in [0.25, 0.3) is 0 Å². The number of halogens is 2. The van der Waals surface area contributed by atoms with Crippen LogP contribution in [0.3, 0.4) is 0 Å². The molecule has 0 unspecified atom stereocenters. The van der Waals surface area contributed by atoms with E-state index in [1.807, 2.05) is 0 Å². The molecule has 0 atom stereocenters. The molecule has 0 heterocycles. The summed E-state index contributed by atoms with van der Waals surface area (Å²) in [5.74, 6) is 0. The van der Waals surface area contributed by atoms with Gasteiger partial charge in [0.05, 0.1) is 0 Å². The first kappa shape index (κ1) is 20.8. The third-order valence-electron chi connectivity index (χ3n) is 3.10. The summed E-state index contributed by atoms with van der Waals surface area (Å²) in [5.41, 5.74) is 0. The van der Waals surface area contributed by atoms with Crippen LogP contribution in [0, 0.1) is 0 Å². The molecule has 3 heteroatoms. The summed E-state index contributed by atoms with van der Waals surface area (Å²) in [5, 5.41) is 5.32. The van der Waals surface area contributed by atoms with E-state index in [1.165, 1.54) is 21.5 Å².